The fourth-order valence-electron chi connectivity index (χ4n) is 2.55. The highest BCUT2D eigenvalue weighted by Crippen LogP contribution is 2.27. The number of rotatable bonds is 4. The van der Waals surface area contributed by atoms with E-state index in [0.29, 0.717) is 27.7 Å². The van der Waals surface area contributed by atoms with Crippen molar-refractivity contribution < 1.29 is 12.8 Å². The number of fused-ring (bicyclic) bond motifs is 1. The van der Waals surface area contributed by atoms with Crippen molar-refractivity contribution >= 4 is 43.1 Å². The van der Waals surface area contributed by atoms with Gasteiger partial charge < -0.3 is 9.73 Å². The van der Waals surface area contributed by atoms with Crippen LogP contribution in [0.15, 0.2) is 74.1 Å². The average molecular weight is 399 g/mol. The molecule has 0 atom stereocenters. The number of thiazole rings is 1. The Kier molecular flexibility index (Phi) is 4.27. The quantitative estimate of drug-likeness (QED) is 0.509. The van der Waals surface area contributed by atoms with Crippen LogP contribution in [-0.2, 0) is 10.0 Å². The van der Waals surface area contributed by atoms with Crippen molar-refractivity contribution in [2.75, 3.05) is 5.32 Å². The van der Waals surface area contributed by atoms with Crippen molar-refractivity contribution in [3.05, 3.63) is 70.4 Å². The molecular weight excluding hydrogens is 386 g/mol. The maximum atomic E-state index is 12.2. The zero-order valence-electron chi connectivity index (χ0n) is 13.7. The number of nitrogens with zero attached hydrogens (tertiary/aromatic N) is 1. The van der Waals surface area contributed by atoms with Crippen molar-refractivity contribution in [2.24, 2.45) is 5.14 Å². The van der Waals surface area contributed by atoms with Gasteiger partial charge in [-0.05, 0) is 36.4 Å². The lowest BCUT2D eigenvalue weighted by Crippen LogP contribution is -2.11. The van der Waals surface area contributed by atoms with E-state index >= 15 is 0 Å². The highest BCUT2D eigenvalue weighted by atomic mass is 32.2. The van der Waals surface area contributed by atoms with E-state index in [1.807, 2.05) is 12.1 Å². The second kappa shape index (κ2) is 6.62. The van der Waals surface area contributed by atoms with E-state index in [2.05, 4.69) is 10.3 Å². The molecule has 9 heteroatoms. The zero-order chi connectivity index (χ0) is 19.0. The molecule has 0 spiro atoms. The van der Waals surface area contributed by atoms with Crippen LogP contribution in [0.4, 0.5) is 10.8 Å². The summed E-state index contributed by atoms with van der Waals surface area (Å²) in [4.78, 5) is 16.7. The lowest BCUT2D eigenvalue weighted by molar-refractivity contribution is 0.563. The van der Waals surface area contributed by atoms with Crippen LogP contribution in [0.25, 0.3) is 22.2 Å². The number of hydrogen-bond acceptors (Lipinski definition) is 7. The summed E-state index contributed by atoms with van der Waals surface area (Å²) in [5.74, 6) is 0. The van der Waals surface area contributed by atoms with E-state index in [1.165, 1.54) is 23.5 Å². The first-order valence-corrected chi connectivity index (χ1v) is 10.2. The first-order valence-electron chi connectivity index (χ1n) is 7.79. The molecule has 2 aromatic carbocycles. The fourth-order valence-corrected chi connectivity index (χ4v) is 3.79. The number of primary sulfonamides is 1. The van der Waals surface area contributed by atoms with Gasteiger partial charge in [-0.3, -0.25) is 0 Å². The SMILES string of the molecule is NS(=O)(=O)c1ccc(Nc2nc(-c3cc4ccccc4oc3=O)cs2)cc1. The molecule has 0 aliphatic heterocycles. The van der Waals surface area contributed by atoms with Crippen molar-refractivity contribution in [1.82, 2.24) is 4.98 Å². The molecule has 2 heterocycles. The minimum Gasteiger partial charge on any atom is -0.422 e. The molecule has 4 aromatic rings. The third-order valence-electron chi connectivity index (χ3n) is 3.86. The molecule has 136 valence electrons. The number of nitrogens with one attached hydrogen (secondary N) is 1. The minimum absolute atomic E-state index is 0.0293. The molecule has 0 unspecified atom stereocenters. The average Bonchev–Trinajstić information content (AvgIpc) is 3.09. The van der Waals surface area contributed by atoms with Crippen molar-refractivity contribution in [1.29, 1.82) is 0 Å². The molecule has 0 aliphatic rings. The Bertz CT molecular complexity index is 1290. The smallest absolute Gasteiger partial charge is 0.345 e. The number of benzene rings is 2. The molecule has 27 heavy (non-hydrogen) atoms. The van der Waals surface area contributed by atoms with Crippen LogP contribution in [0.2, 0.25) is 0 Å². The van der Waals surface area contributed by atoms with E-state index < -0.39 is 15.6 Å². The molecule has 0 saturated heterocycles. The highest BCUT2D eigenvalue weighted by Gasteiger charge is 2.12. The highest BCUT2D eigenvalue weighted by molar-refractivity contribution is 7.89. The maximum Gasteiger partial charge on any atom is 0.345 e. The molecule has 0 fully saturated rings. The Balaban J connectivity index is 1.62. The maximum absolute atomic E-state index is 12.2. The topological polar surface area (TPSA) is 115 Å². The lowest BCUT2D eigenvalue weighted by Gasteiger charge is -2.03. The Morgan fingerprint density at radius 3 is 2.56 bits per heavy atom. The number of anilines is 2. The van der Waals surface area contributed by atoms with Gasteiger partial charge in [0.2, 0.25) is 10.0 Å². The zero-order valence-corrected chi connectivity index (χ0v) is 15.4. The molecule has 3 N–H and O–H groups in total. The Hall–Kier alpha value is -3.01. The molecular formula is C18H13N3O4S2. The second-order valence-corrected chi connectivity index (χ2v) is 8.14. The summed E-state index contributed by atoms with van der Waals surface area (Å²) in [5, 5.41) is 11.3. The predicted molar refractivity (Wildman–Crippen MR) is 105 cm³/mol. The second-order valence-electron chi connectivity index (χ2n) is 5.72. The Labute approximate surface area is 158 Å². The van der Waals surface area contributed by atoms with Crippen molar-refractivity contribution in [3.8, 4) is 11.3 Å². The van der Waals surface area contributed by atoms with Gasteiger partial charge in [0.25, 0.3) is 0 Å². The van der Waals surface area contributed by atoms with Crippen LogP contribution in [-0.4, -0.2) is 13.4 Å². The predicted octanol–water partition coefficient (Wildman–Crippen LogP) is 3.31. The van der Waals surface area contributed by atoms with Crippen LogP contribution < -0.4 is 16.1 Å². The van der Waals surface area contributed by atoms with Gasteiger partial charge in [-0.2, -0.15) is 0 Å². The van der Waals surface area contributed by atoms with Crippen molar-refractivity contribution in [2.45, 2.75) is 4.90 Å². The molecule has 0 bridgehead atoms. The number of aromatic nitrogens is 1. The van der Waals surface area contributed by atoms with Gasteiger partial charge >= 0.3 is 5.63 Å². The third-order valence-corrected chi connectivity index (χ3v) is 5.54. The van der Waals surface area contributed by atoms with E-state index in [1.54, 1.807) is 35.7 Å². The first kappa shape index (κ1) is 17.4. The van der Waals surface area contributed by atoms with Gasteiger partial charge in [0.05, 0.1) is 16.2 Å². The summed E-state index contributed by atoms with van der Waals surface area (Å²) in [6, 6.07) is 15.0. The molecule has 0 saturated carbocycles. The van der Waals surface area contributed by atoms with Crippen LogP contribution >= 0.6 is 11.3 Å². The van der Waals surface area contributed by atoms with Gasteiger partial charge in [-0.25, -0.2) is 23.3 Å². The minimum atomic E-state index is -3.73. The number of sulfonamides is 1. The summed E-state index contributed by atoms with van der Waals surface area (Å²) in [6.07, 6.45) is 0. The number of para-hydroxylation sites is 1. The fraction of sp³-hybridized carbons (Fsp3) is 0. The summed E-state index contributed by atoms with van der Waals surface area (Å²) < 4.78 is 27.9. The van der Waals surface area contributed by atoms with Gasteiger partial charge in [0, 0.05) is 16.5 Å². The standard InChI is InChI=1S/C18H13N3O4S2/c19-27(23,24)13-7-5-12(6-8-13)20-18-21-15(10-26-18)14-9-11-3-1-2-4-16(11)25-17(14)22/h1-10H,(H,20,21)(H2,19,23,24). The van der Waals surface area contributed by atoms with E-state index in [4.69, 9.17) is 9.56 Å². The molecule has 7 nitrogen and oxygen atoms in total. The summed E-state index contributed by atoms with van der Waals surface area (Å²) >= 11 is 1.32. The molecule has 4 rings (SSSR count). The lowest BCUT2D eigenvalue weighted by atomic mass is 10.1. The van der Waals surface area contributed by atoms with Crippen LogP contribution in [0.3, 0.4) is 0 Å². The van der Waals surface area contributed by atoms with Gasteiger partial charge in [-0.1, -0.05) is 18.2 Å². The summed E-state index contributed by atoms with van der Waals surface area (Å²) in [7, 11) is -3.73. The van der Waals surface area contributed by atoms with E-state index in [-0.39, 0.29) is 4.90 Å². The monoisotopic (exact) mass is 399 g/mol. The van der Waals surface area contributed by atoms with Gasteiger partial charge in [0.15, 0.2) is 5.13 Å². The van der Waals surface area contributed by atoms with Crippen LogP contribution in [0.5, 0.6) is 0 Å². The van der Waals surface area contributed by atoms with Crippen LogP contribution in [0.1, 0.15) is 0 Å². The normalized spacial score (nSPS) is 11.6. The molecule has 0 amide bonds. The first-order chi connectivity index (χ1) is 12.9. The Morgan fingerprint density at radius 2 is 1.81 bits per heavy atom. The van der Waals surface area contributed by atoms with E-state index in [9.17, 15) is 13.2 Å². The van der Waals surface area contributed by atoms with Crippen LogP contribution in [0, 0.1) is 0 Å². The van der Waals surface area contributed by atoms with Crippen molar-refractivity contribution in [3.63, 3.8) is 0 Å². The van der Waals surface area contributed by atoms with E-state index in [0.717, 1.165) is 5.39 Å². The summed E-state index contributed by atoms with van der Waals surface area (Å²) in [5.41, 5.74) is 1.59. The number of hydrogen-bond donors (Lipinski definition) is 2. The summed E-state index contributed by atoms with van der Waals surface area (Å²) in [6.45, 7) is 0. The van der Waals surface area contributed by atoms with Gasteiger partial charge in [0.1, 0.15) is 5.58 Å². The molecule has 2 aromatic heterocycles. The number of nitrogens with two attached hydrogens (primary N) is 1. The third kappa shape index (κ3) is 3.61. The molecule has 0 aliphatic carbocycles. The molecule has 0 radical (unpaired) electrons. The van der Waals surface area contributed by atoms with Gasteiger partial charge in [-0.15, -0.1) is 11.3 Å². The largest absolute Gasteiger partial charge is 0.422 e. The Morgan fingerprint density at radius 1 is 1.07 bits per heavy atom.